The molecule has 0 N–H and O–H groups in total. The second kappa shape index (κ2) is 3.14. The van der Waals surface area contributed by atoms with Gasteiger partial charge in [0.25, 0.3) is 0 Å². The van der Waals surface area contributed by atoms with Gasteiger partial charge in [0.1, 0.15) is 0 Å². The third kappa shape index (κ3) is 1.27. The fourth-order valence-corrected chi connectivity index (χ4v) is 2.83. The number of hydrogen-bond donors (Lipinski definition) is 0. The van der Waals surface area contributed by atoms with Gasteiger partial charge < -0.3 is 0 Å². The maximum absolute atomic E-state index is 2.28. The monoisotopic (exact) mass is 178 g/mol. The number of hydrogen-bond acceptors (Lipinski definition) is 1. The first kappa shape index (κ1) is 8.18. The van der Waals surface area contributed by atoms with Gasteiger partial charge in [0.2, 0.25) is 0 Å². The van der Waals surface area contributed by atoms with E-state index in [4.69, 9.17) is 0 Å². The first-order chi connectivity index (χ1) is 5.79. The molecule has 1 heterocycles. The number of aryl methyl sites for hydroxylation is 1. The predicted octanol–water partition coefficient (Wildman–Crippen LogP) is 3.34. The Kier molecular flexibility index (Phi) is 2.14. The molecule has 1 aliphatic rings. The van der Waals surface area contributed by atoms with Gasteiger partial charge in [-0.2, -0.15) is 0 Å². The van der Waals surface area contributed by atoms with Gasteiger partial charge in [0.05, 0.1) is 0 Å². The van der Waals surface area contributed by atoms with Crippen LogP contribution in [0.3, 0.4) is 0 Å². The Morgan fingerprint density at radius 3 is 2.92 bits per heavy atom. The minimum Gasteiger partial charge on any atom is -0.126 e. The maximum atomic E-state index is 2.28. The summed E-state index contributed by atoms with van der Waals surface area (Å²) in [4.78, 5) is 1.52. The minimum absolute atomic E-state index is 1.29. The van der Waals surface area contributed by atoms with Crippen molar-refractivity contribution >= 4 is 11.8 Å². The molecule has 0 aromatic heterocycles. The Hall–Kier alpha value is -0.430. The van der Waals surface area contributed by atoms with Crippen LogP contribution in [-0.4, -0.2) is 5.75 Å². The van der Waals surface area contributed by atoms with Crippen LogP contribution in [0, 0.1) is 13.8 Å². The van der Waals surface area contributed by atoms with Crippen molar-refractivity contribution < 1.29 is 0 Å². The zero-order valence-electron chi connectivity index (χ0n) is 7.68. The van der Waals surface area contributed by atoms with Crippen LogP contribution in [0.5, 0.6) is 0 Å². The zero-order chi connectivity index (χ0) is 8.55. The van der Waals surface area contributed by atoms with E-state index in [-0.39, 0.29) is 0 Å². The van der Waals surface area contributed by atoms with Crippen LogP contribution in [0.4, 0.5) is 0 Å². The lowest BCUT2D eigenvalue weighted by atomic mass is 10.00. The largest absolute Gasteiger partial charge is 0.126 e. The van der Waals surface area contributed by atoms with Gasteiger partial charge in [-0.25, -0.2) is 0 Å². The number of rotatable bonds is 0. The van der Waals surface area contributed by atoms with Crippen LogP contribution in [0.2, 0.25) is 0 Å². The van der Waals surface area contributed by atoms with E-state index in [0.29, 0.717) is 0 Å². The molecule has 0 fully saturated rings. The maximum Gasteiger partial charge on any atom is 0.0107 e. The third-order valence-electron chi connectivity index (χ3n) is 2.65. The summed E-state index contributed by atoms with van der Waals surface area (Å²) in [7, 11) is 0. The zero-order valence-corrected chi connectivity index (χ0v) is 8.50. The second-order valence-electron chi connectivity index (χ2n) is 3.44. The second-order valence-corrected chi connectivity index (χ2v) is 4.57. The van der Waals surface area contributed by atoms with Crippen molar-refractivity contribution in [2.75, 3.05) is 5.75 Å². The lowest BCUT2D eigenvalue weighted by Gasteiger charge is -2.18. The minimum atomic E-state index is 1.29. The summed E-state index contributed by atoms with van der Waals surface area (Å²) in [6, 6.07) is 4.52. The topological polar surface area (TPSA) is 0 Å². The average molecular weight is 178 g/mol. The summed E-state index contributed by atoms with van der Waals surface area (Å²) < 4.78 is 0. The first-order valence-corrected chi connectivity index (χ1v) is 5.49. The van der Waals surface area contributed by atoms with Crippen molar-refractivity contribution in [1.82, 2.24) is 0 Å². The van der Waals surface area contributed by atoms with E-state index in [1.807, 2.05) is 11.8 Å². The van der Waals surface area contributed by atoms with E-state index in [1.165, 1.54) is 34.6 Å². The highest BCUT2D eigenvalue weighted by Gasteiger charge is 2.12. The molecule has 0 unspecified atom stereocenters. The van der Waals surface area contributed by atoms with E-state index >= 15 is 0 Å². The number of thioether (sulfide) groups is 1. The molecule has 1 aliphatic heterocycles. The van der Waals surface area contributed by atoms with Crippen LogP contribution in [0.1, 0.15) is 23.1 Å². The van der Waals surface area contributed by atoms with Gasteiger partial charge >= 0.3 is 0 Å². The molecule has 0 aliphatic carbocycles. The molecule has 0 amide bonds. The molecule has 0 nitrogen and oxygen atoms in total. The Morgan fingerprint density at radius 1 is 1.25 bits per heavy atom. The molecule has 0 saturated carbocycles. The van der Waals surface area contributed by atoms with E-state index in [9.17, 15) is 0 Å². The van der Waals surface area contributed by atoms with Crippen LogP contribution < -0.4 is 0 Å². The SMILES string of the molecule is Cc1ccc2c(c1C)CCCS2. The van der Waals surface area contributed by atoms with Crippen molar-refractivity contribution in [2.24, 2.45) is 0 Å². The summed E-state index contributed by atoms with van der Waals surface area (Å²) in [6.07, 6.45) is 2.64. The summed E-state index contributed by atoms with van der Waals surface area (Å²) in [6.45, 7) is 4.45. The quantitative estimate of drug-likeness (QED) is 0.587. The molecule has 0 bridgehead atoms. The molecule has 2 rings (SSSR count). The molecule has 0 spiro atoms. The molecule has 1 aromatic carbocycles. The van der Waals surface area contributed by atoms with Gasteiger partial charge in [0.15, 0.2) is 0 Å². The lowest BCUT2D eigenvalue weighted by Crippen LogP contribution is -2.01. The fourth-order valence-electron chi connectivity index (χ4n) is 1.73. The van der Waals surface area contributed by atoms with Gasteiger partial charge in [-0.3, -0.25) is 0 Å². The molecule has 64 valence electrons. The van der Waals surface area contributed by atoms with Crippen molar-refractivity contribution in [2.45, 2.75) is 31.6 Å². The molecule has 12 heavy (non-hydrogen) atoms. The number of benzene rings is 1. The molecule has 0 saturated heterocycles. The van der Waals surface area contributed by atoms with Gasteiger partial charge in [-0.05, 0) is 55.2 Å². The van der Waals surface area contributed by atoms with Crippen LogP contribution in [0.15, 0.2) is 17.0 Å². The molecule has 1 heteroatoms. The van der Waals surface area contributed by atoms with Crippen molar-refractivity contribution in [1.29, 1.82) is 0 Å². The van der Waals surface area contributed by atoms with Crippen LogP contribution in [-0.2, 0) is 6.42 Å². The summed E-state index contributed by atoms with van der Waals surface area (Å²) in [5, 5.41) is 0. The van der Waals surface area contributed by atoms with Crippen molar-refractivity contribution in [3.63, 3.8) is 0 Å². The Balaban J connectivity index is 2.54. The van der Waals surface area contributed by atoms with E-state index in [2.05, 4.69) is 26.0 Å². The van der Waals surface area contributed by atoms with Crippen molar-refractivity contribution in [3.05, 3.63) is 28.8 Å². The summed E-state index contributed by atoms with van der Waals surface area (Å²) >= 11 is 2.01. The average Bonchev–Trinajstić information content (AvgIpc) is 2.12. The van der Waals surface area contributed by atoms with Gasteiger partial charge in [-0.15, -0.1) is 11.8 Å². The van der Waals surface area contributed by atoms with Gasteiger partial charge in [-0.1, -0.05) is 6.07 Å². The molecular weight excluding hydrogens is 164 g/mol. The fraction of sp³-hybridized carbons (Fsp3) is 0.455. The molecular formula is C11H14S. The molecule has 1 aromatic rings. The predicted molar refractivity (Wildman–Crippen MR) is 55.0 cm³/mol. The normalized spacial score (nSPS) is 15.8. The number of fused-ring (bicyclic) bond motifs is 1. The van der Waals surface area contributed by atoms with E-state index in [1.54, 1.807) is 5.56 Å². The summed E-state index contributed by atoms with van der Waals surface area (Å²) in [5.41, 5.74) is 4.56. The highest BCUT2D eigenvalue weighted by molar-refractivity contribution is 7.99. The third-order valence-corrected chi connectivity index (χ3v) is 3.84. The lowest BCUT2D eigenvalue weighted by molar-refractivity contribution is 0.875. The Labute approximate surface area is 78.4 Å². The molecule has 0 radical (unpaired) electrons. The highest BCUT2D eigenvalue weighted by atomic mass is 32.2. The van der Waals surface area contributed by atoms with Crippen LogP contribution >= 0.6 is 11.8 Å². The standard InChI is InChI=1S/C11H14S/c1-8-5-6-11-10(9(8)2)4-3-7-12-11/h5-6H,3-4,7H2,1-2H3. The summed E-state index contributed by atoms with van der Waals surface area (Å²) in [5.74, 6) is 1.30. The van der Waals surface area contributed by atoms with E-state index in [0.717, 1.165) is 0 Å². The van der Waals surface area contributed by atoms with Crippen molar-refractivity contribution in [3.8, 4) is 0 Å². The van der Waals surface area contributed by atoms with Gasteiger partial charge in [0, 0.05) is 4.90 Å². The van der Waals surface area contributed by atoms with E-state index < -0.39 is 0 Å². The Bertz CT molecular complexity index is 302. The smallest absolute Gasteiger partial charge is 0.0107 e. The van der Waals surface area contributed by atoms with Crippen LogP contribution in [0.25, 0.3) is 0 Å². The first-order valence-electron chi connectivity index (χ1n) is 4.51. The molecule has 0 atom stereocenters. The highest BCUT2D eigenvalue weighted by Crippen LogP contribution is 2.32. The Morgan fingerprint density at radius 2 is 2.08 bits per heavy atom.